The fourth-order valence-electron chi connectivity index (χ4n) is 1.36. The molecule has 1 aliphatic heterocycles. The van der Waals surface area contributed by atoms with Gasteiger partial charge in [0.25, 0.3) is 0 Å². The van der Waals surface area contributed by atoms with Crippen LogP contribution < -0.4 is 11.1 Å². The van der Waals surface area contributed by atoms with Crippen molar-refractivity contribution in [3.05, 3.63) is 0 Å². The summed E-state index contributed by atoms with van der Waals surface area (Å²) < 4.78 is 0. The average molecular weight is 171 g/mol. The van der Waals surface area contributed by atoms with Gasteiger partial charge in [-0.3, -0.25) is 4.79 Å². The van der Waals surface area contributed by atoms with Gasteiger partial charge in [0.15, 0.2) is 0 Å². The molecule has 12 heavy (non-hydrogen) atoms. The van der Waals surface area contributed by atoms with Crippen molar-refractivity contribution >= 4 is 5.91 Å². The Morgan fingerprint density at radius 2 is 2.33 bits per heavy atom. The van der Waals surface area contributed by atoms with Gasteiger partial charge >= 0.3 is 0 Å². The first kappa shape index (κ1) is 9.48. The SMILES string of the molecule is CC(=O)N1CC(CNCCN)C1. The molecule has 0 aromatic heterocycles. The molecule has 0 saturated carbocycles. The van der Waals surface area contributed by atoms with Crippen LogP contribution in [0.5, 0.6) is 0 Å². The first-order valence-corrected chi connectivity index (χ1v) is 4.40. The number of hydrogen-bond acceptors (Lipinski definition) is 3. The molecule has 0 atom stereocenters. The number of nitrogens with zero attached hydrogens (tertiary/aromatic N) is 1. The number of nitrogens with two attached hydrogens (primary N) is 1. The van der Waals surface area contributed by atoms with Gasteiger partial charge in [-0.1, -0.05) is 0 Å². The van der Waals surface area contributed by atoms with E-state index in [1.165, 1.54) is 0 Å². The Hall–Kier alpha value is -0.610. The van der Waals surface area contributed by atoms with Crippen LogP contribution in [0.1, 0.15) is 6.92 Å². The number of amides is 1. The zero-order valence-corrected chi connectivity index (χ0v) is 7.55. The summed E-state index contributed by atoms with van der Waals surface area (Å²) >= 11 is 0. The minimum Gasteiger partial charge on any atom is -0.342 e. The van der Waals surface area contributed by atoms with Gasteiger partial charge in [-0.25, -0.2) is 0 Å². The molecule has 0 aromatic rings. The summed E-state index contributed by atoms with van der Waals surface area (Å²) in [5.74, 6) is 0.825. The molecule has 4 nitrogen and oxygen atoms in total. The molecule has 0 spiro atoms. The fraction of sp³-hybridized carbons (Fsp3) is 0.875. The second kappa shape index (κ2) is 4.42. The summed E-state index contributed by atoms with van der Waals surface area (Å²) in [6.45, 7) is 5.98. The molecule has 1 rings (SSSR count). The normalized spacial score (nSPS) is 17.7. The predicted octanol–water partition coefficient (Wildman–Crippen LogP) is -0.987. The maximum atomic E-state index is 10.8. The third-order valence-corrected chi connectivity index (χ3v) is 2.16. The van der Waals surface area contributed by atoms with Crippen LogP contribution in [0.4, 0.5) is 0 Å². The van der Waals surface area contributed by atoms with E-state index in [0.29, 0.717) is 12.5 Å². The van der Waals surface area contributed by atoms with Crippen LogP contribution in [0.15, 0.2) is 0 Å². The third-order valence-electron chi connectivity index (χ3n) is 2.16. The smallest absolute Gasteiger partial charge is 0.219 e. The molecular weight excluding hydrogens is 154 g/mol. The standard InChI is InChI=1S/C8H17N3O/c1-7(12)11-5-8(6-11)4-10-3-2-9/h8,10H,2-6,9H2,1H3. The topological polar surface area (TPSA) is 58.4 Å². The minimum absolute atomic E-state index is 0.185. The highest BCUT2D eigenvalue weighted by atomic mass is 16.2. The Kier molecular flexibility index (Phi) is 3.49. The lowest BCUT2D eigenvalue weighted by Crippen LogP contribution is -2.52. The lowest BCUT2D eigenvalue weighted by Gasteiger charge is -2.38. The van der Waals surface area contributed by atoms with Crippen molar-refractivity contribution in [2.75, 3.05) is 32.7 Å². The van der Waals surface area contributed by atoms with Crippen LogP contribution in [0.25, 0.3) is 0 Å². The van der Waals surface area contributed by atoms with E-state index < -0.39 is 0 Å². The van der Waals surface area contributed by atoms with Gasteiger partial charge in [-0.2, -0.15) is 0 Å². The first-order valence-electron chi connectivity index (χ1n) is 4.40. The second-order valence-corrected chi connectivity index (χ2v) is 3.28. The Balaban J connectivity index is 1.98. The summed E-state index contributed by atoms with van der Waals surface area (Å²) in [6, 6.07) is 0. The van der Waals surface area contributed by atoms with Crippen LogP contribution >= 0.6 is 0 Å². The molecule has 1 aliphatic rings. The van der Waals surface area contributed by atoms with Gasteiger partial charge in [0, 0.05) is 45.6 Å². The predicted molar refractivity (Wildman–Crippen MR) is 47.7 cm³/mol. The van der Waals surface area contributed by atoms with Gasteiger partial charge in [0.1, 0.15) is 0 Å². The molecule has 1 heterocycles. The van der Waals surface area contributed by atoms with E-state index in [1.807, 2.05) is 4.90 Å². The number of carbonyl (C=O) groups is 1. The number of likely N-dealkylation sites (tertiary alicyclic amines) is 1. The van der Waals surface area contributed by atoms with Crippen molar-refractivity contribution < 1.29 is 4.79 Å². The second-order valence-electron chi connectivity index (χ2n) is 3.28. The Morgan fingerprint density at radius 1 is 1.67 bits per heavy atom. The highest BCUT2D eigenvalue weighted by Gasteiger charge is 2.27. The Morgan fingerprint density at radius 3 is 2.83 bits per heavy atom. The molecule has 0 radical (unpaired) electrons. The van der Waals surface area contributed by atoms with Gasteiger partial charge in [0.05, 0.1) is 0 Å². The molecule has 4 heteroatoms. The molecule has 3 N–H and O–H groups in total. The summed E-state index contributed by atoms with van der Waals surface area (Å²) in [4.78, 5) is 12.6. The number of rotatable bonds is 4. The molecule has 0 aliphatic carbocycles. The molecule has 1 saturated heterocycles. The zero-order valence-electron chi connectivity index (χ0n) is 7.55. The molecule has 1 amide bonds. The quantitative estimate of drug-likeness (QED) is 0.534. The lowest BCUT2D eigenvalue weighted by atomic mass is 10.0. The highest BCUT2D eigenvalue weighted by Crippen LogP contribution is 2.13. The third kappa shape index (κ3) is 2.46. The summed E-state index contributed by atoms with van der Waals surface area (Å²) in [5.41, 5.74) is 5.32. The van der Waals surface area contributed by atoms with Crippen molar-refractivity contribution in [3.8, 4) is 0 Å². The molecule has 0 unspecified atom stereocenters. The fourth-order valence-corrected chi connectivity index (χ4v) is 1.36. The number of carbonyl (C=O) groups excluding carboxylic acids is 1. The molecular formula is C8H17N3O. The Bertz CT molecular complexity index is 154. The average Bonchev–Trinajstić information content (AvgIpc) is 1.93. The van der Waals surface area contributed by atoms with E-state index in [0.717, 1.165) is 26.2 Å². The van der Waals surface area contributed by atoms with E-state index in [2.05, 4.69) is 5.32 Å². The lowest BCUT2D eigenvalue weighted by molar-refractivity contribution is -0.134. The van der Waals surface area contributed by atoms with Crippen LogP contribution in [0.3, 0.4) is 0 Å². The highest BCUT2D eigenvalue weighted by molar-refractivity contribution is 5.74. The minimum atomic E-state index is 0.185. The number of nitrogens with one attached hydrogen (secondary N) is 1. The first-order chi connectivity index (χ1) is 5.74. The van der Waals surface area contributed by atoms with Crippen molar-refractivity contribution in [1.82, 2.24) is 10.2 Å². The largest absolute Gasteiger partial charge is 0.342 e. The monoisotopic (exact) mass is 171 g/mol. The van der Waals surface area contributed by atoms with E-state index in [4.69, 9.17) is 5.73 Å². The van der Waals surface area contributed by atoms with E-state index in [1.54, 1.807) is 6.92 Å². The van der Waals surface area contributed by atoms with E-state index >= 15 is 0 Å². The summed E-state index contributed by atoms with van der Waals surface area (Å²) in [7, 11) is 0. The van der Waals surface area contributed by atoms with Gasteiger partial charge in [-0.15, -0.1) is 0 Å². The van der Waals surface area contributed by atoms with Gasteiger partial charge in [0.2, 0.25) is 5.91 Å². The van der Waals surface area contributed by atoms with Crippen molar-refractivity contribution in [3.63, 3.8) is 0 Å². The van der Waals surface area contributed by atoms with Crippen molar-refractivity contribution in [1.29, 1.82) is 0 Å². The van der Waals surface area contributed by atoms with Gasteiger partial charge < -0.3 is 16.0 Å². The number of hydrogen-bond donors (Lipinski definition) is 2. The maximum absolute atomic E-state index is 10.8. The van der Waals surface area contributed by atoms with Crippen molar-refractivity contribution in [2.24, 2.45) is 11.7 Å². The van der Waals surface area contributed by atoms with E-state index in [9.17, 15) is 4.79 Å². The summed E-state index contributed by atoms with van der Waals surface area (Å²) in [6.07, 6.45) is 0. The van der Waals surface area contributed by atoms with Crippen LogP contribution in [-0.4, -0.2) is 43.5 Å². The molecule has 1 fully saturated rings. The van der Waals surface area contributed by atoms with Crippen LogP contribution in [-0.2, 0) is 4.79 Å². The van der Waals surface area contributed by atoms with Crippen molar-refractivity contribution in [2.45, 2.75) is 6.92 Å². The maximum Gasteiger partial charge on any atom is 0.219 e. The molecule has 0 bridgehead atoms. The van der Waals surface area contributed by atoms with Crippen LogP contribution in [0.2, 0.25) is 0 Å². The Labute approximate surface area is 73.1 Å². The van der Waals surface area contributed by atoms with Crippen LogP contribution in [0, 0.1) is 5.92 Å². The van der Waals surface area contributed by atoms with E-state index in [-0.39, 0.29) is 5.91 Å². The zero-order chi connectivity index (χ0) is 8.97. The van der Waals surface area contributed by atoms with Gasteiger partial charge in [-0.05, 0) is 0 Å². The molecule has 0 aromatic carbocycles. The summed E-state index contributed by atoms with van der Waals surface area (Å²) in [5, 5.41) is 3.23. The molecule has 70 valence electrons.